The Bertz CT molecular complexity index is 371. The molecule has 0 N–H and O–H groups in total. The molecule has 0 aliphatic carbocycles. The highest BCUT2D eigenvalue weighted by molar-refractivity contribution is 5.69. The second-order valence-electron chi connectivity index (χ2n) is 2.71. The van der Waals surface area contributed by atoms with Crippen molar-refractivity contribution in [2.24, 2.45) is 10.2 Å². The van der Waals surface area contributed by atoms with E-state index in [1.807, 2.05) is 30.3 Å². The van der Waals surface area contributed by atoms with Gasteiger partial charge < -0.3 is 4.74 Å². The Kier molecular flexibility index (Phi) is 4.22. The lowest BCUT2D eigenvalue weighted by Gasteiger charge is -1.97. The Morgan fingerprint density at radius 3 is 2.60 bits per heavy atom. The van der Waals surface area contributed by atoms with E-state index in [1.54, 1.807) is 6.92 Å². The number of benzene rings is 1. The summed E-state index contributed by atoms with van der Waals surface area (Å²) in [5, 5.41) is 7.02. The molecule has 0 spiro atoms. The molecule has 78 valence electrons. The van der Waals surface area contributed by atoms with Gasteiger partial charge in [0.05, 0.1) is 12.3 Å². The van der Waals surface area contributed by atoms with Crippen molar-refractivity contribution in [2.75, 3.05) is 6.61 Å². The smallest absolute Gasteiger partial charge is 0.447 e. The van der Waals surface area contributed by atoms with Crippen LogP contribution in [0, 0.1) is 0 Å². The van der Waals surface area contributed by atoms with Crippen LogP contribution in [0.1, 0.15) is 12.5 Å². The van der Waals surface area contributed by atoms with Crippen LogP contribution in [0.4, 0.5) is 4.79 Å². The zero-order valence-corrected chi connectivity index (χ0v) is 8.51. The summed E-state index contributed by atoms with van der Waals surface area (Å²) in [6.07, 6.45) is -0.699. The summed E-state index contributed by atoms with van der Waals surface area (Å²) in [5.74, 6) is 0. The topological polar surface area (TPSA) is 51.0 Å². The van der Waals surface area contributed by atoms with Gasteiger partial charge >= 0.3 is 6.09 Å². The quantitative estimate of drug-likeness (QED) is 0.709. The third kappa shape index (κ3) is 3.72. The van der Waals surface area contributed by atoms with Crippen LogP contribution in [0.2, 0.25) is 0 Å². The van der Waals surface area contributed by atoms with Crippen molar-refractivity contribution < 1.29 is 9.53 Å². The Morgan fingerprint density at radius 2 is 2.00 bits per heavy atom. The van der Waals surface area contributed by atoms with Crippen LogP contribution in [-0.2, 0) is 4.74 Å². The molecule has 1 aromatic rings. The molecular formula is C11H12N2O2. The predicted octanol–water partition coefficient (Wildman–Crippen LogP) is 3.27. The van der Waals surface area contributed by atoms with Gasteiger partial charge in [-0.3, -0.25) is 0 Å². The van der Waals surface area contributed by atoms with Crippen molar-refractivity contribution in [1.82, 2.24) is 0 Å². The number of hydrogen-bond acceptors (Lipinski definition) is 3. The number of carbonyl (C=O) groups is 1. The second kappa shape index (κ2) is 5.70. The second-order valence-corrected chi connectivity index (χ2v) is 2.71. The molecule has 0 aromatic heterocycles. The summed E-state index contributed by atoms with van der Waals surface area (Å²) in [6, 6.07) is 9.29. The van der Waals surface area contributed by atoms with Gasteiger partial charge in [-0.15, -0.1) is 5.11 Å². The number of azo groups is 1. The summed E-state index contributed by atoms with van der Waals surface area (Å²) < 4.78 is 4.59. The third-order valence-corrected chi connectivity index (χ3v) is 1.63. The lowest BCUT2D eigenvalue weighted by Crippen LogP contribution is -1.96. The summed E-state index contributed by atoms with van der Waals surface area (Å²) in [7, 11) is 0. The molecule has 1 aromatic carbocycles. The minimum Gasteiger partial charge on any atom is -0.447 e. The zero-order valence-electron chi connectivity index (χ0n) is 8.51. The molecule has 0 unspecified atom stereocenters. The van der Waals surface area contributed by atoms with E-state index in [-0.39, 0.29) is 6.61 Å². The van der Waals surface area contributed by atoms with Crippen LogP contribution in [0.3, 0.4) is 0 Å². The van der Waals surface area contributed by atoms with E-state index in [4.69, 9.17) is 0 Å². The molecule has 0 atom stereocenters. The van der Waals surface area contributed by atoms with Gasteiger partial charge in [-0.05, 0) is 6.92 Å². The normalized spacial score (nSPS) is 10.2. The van der Waals surface area contributed by atoms with Crippen LogP contribution in [0.15, 0.2) is 47.1 Å². The fourth-order valence-corrected chi connectivity index (χ4v) is 0.942. The maximum atomic E-state index is 10.9. The summed E-state index contributed by atoms with van der Waals surface area (Å²) >= 11 is 0. The molecule has 15 heavy (non-hydrogen) atoms. The average molecular weight is 204 g/mol. The lowest BCUT2D eigenvalue weighted by atomic mass is 10.2. The summed E-state index contributed by atoms with van der Waals surface area (Å²) in [6.45, 7) is 5.68. The minimum absolute atomic E-state index is 0.287. The molecule has 0 fully saturated rings. The highest BCUT2D eigenvalue weighted by Crippen LogP contribution is 2.12. The van der Waals surface area contributed by atoms with E-state index >= 15 is 0 Å². The molecule has 1 rings (SSSR count). The maximum absolute atomic E-state index is 10.9. The van der Waals surface area contributed by atoms with Gasteiger partial charge in [0.25, 0.3) is 0 Å². The number of ether oxygens (including phenoxy) is 1. The lowest BCUT2D eigenvalue weighted by molar-refractivity contribution is 0.162. The van der Waals surface area contributed by atoms with Gasteiger partial charge in [0.15, 0.2) is 0 Å². The van der Waals surface area contributed by atoms with E-state index < -0.39 is 6.09 Å². The van der Waals surface area contributed by atoms with Gasteiger partial charge in [-0.2, -0.15) is 0 Å². The Hall–Kier alpha value is -1.97. The van der Waals surface area contributed by atoms with Crippen LogP contribution in [-0.4, -0.2) is 12.7 Å². The van der Waals surface area contributed by atoms with E-state index in [0.717, 1.165) is 5.56 Å². The highest BCUT2D eigenvalue weighted by atomic mass is 16.5. The monoisotopic (exact) mass is 204 g/mol. The largest absolute Gasteiger partial charge is 0.452 e. The standard InChI is InChI=1S/C11H12N2O2/c1-3-15-11(14)13-12-9(2)10-7-5-4-6-8-10/h4-8H,2-3H2,1H3. The van der Waals surface area contributed by atoms with Gasteiger partial charge in [-0.25, -0.2) is 4.79 Å². The average Bonchev–Trinajstić information content (AvgIpc) is 2.27. The third-order valence-electron chi connectivity index (χ3n) is 1.63. The van der Waals surface area contributed by atoms with E-state index in [2.05, 4.69) is 21.5 Å². The molecule has 1 amide bonds. The Labute approximate surface area is 88.3 Å². The molecule has 0 saturated carbocycles. The SMILES string of the molecule is C=C(N=NC(=O)OCC)c1ccccc1. The Balaban J connectivity index is 2.60. The van der Waals surface area contributed by atoms with Crippen LogP contribution >= 0.6 is 0 Å². The van der Waals surface area contributed by atoms with E-state index in [1.165, 1.54) is 0 Å². The van der Waals surface area contributed by atoms with Crippen molar-refractivity contribution in [3.05, 3.63) is 42.5 Å². The van der Waals surface area contributed by atoms with Crippen LogP contribution in [0.5, 0.6) is 0 Å². The van der Waals surface area contributed by atoms with Crippen molar-refractivity contribution in [1.29, 1.82) is 0 Å². The number of hydrogen-bond donors (Lipinski definition) is 0. The summed E-state index contributed by atoms with van der Waals surface area (Å²) in [4.78, 5) is 10.9. The van der Waals surface area contributed by atoms with E-state index in [9.17, 15) is 4.79 Å². The van der Waals surface area contributed by atoms with Crippen molar-refractivity contribution in [3.63, 3.8) is 0 Å². The molecule has 0 aliphatic heterocycles. The highest BCUT2D eigenvalue weighted by Gasteiger charge is 1.99. The van der Waals surface area contributed by atoms with Crippen LogP contribution in [0.25, 0.3) is 5.70 Å². The molecule has 4 heteroatoms. The maximum Gasteiger partial charge on any atom is 0.452 e. The van der Waals surface area contributed by atoms with Crippen molar-refractivity contribution in [3.8, 4) is 0 Å². The molecule has 0 aliphatic rings. The van der Waals surface area contributed by atoms with Crippen LogP contribution < -0.4 is 0 Å². The zero-order chi connectivity index (χ0) is 11.1. The fourth-order valence-electron chi connectivity index (χ4n) is 0.942. The number of nitrogens with zero attached hydrogens (tertiary/aromatic N) is 2. The minimum atomic E-state index is -0.699. The Morgan fingerprint density at radius 1 is 1.33 bits per heavy atom. The first-order valence-corrected chi connectivity index (χ1v) is 4.57. The first-order chi connectivity index (χ1) is 7.24. The van der Waals surface area contributed by atoms with Crippen molar-refractivity contribution >= 4 is 11.8 Å². The van der Waals surface area contributed by atoms with Gasteiger partial charge in [-0.1, -0.05) is 42.0 Å². The number of carbonyl (C=O) groups excluding carboxylic acids is 1. The molecule has 4 nitrogen and oxygen atoms in total. The van der Waals surface area contributed by atoms with E-state index in [0.29, 0.717) is 5.70 Å². The fraction of sp³-hybridized carbons (Fsp3) is 0.182. The predicted molar refractivity (Wildman–Crippen MR) is 57.4 cm³/mol. The molecular weight excluding hydrogens is 192 g/mol. The first kappa shape index (κ1) is 11.1. The van der Waals surface area contributed by atoms with Crippen molar-refractivity contribution in [2.45, 2.75) is 6.92 Å². The molecule has 0 bridgehead atoms. The molecule has 0 heterocycles. The first-order valence-electron chi connectivity index (χ1n) is 4.57. The molecule has 0 radical (unpaired) electrons. The number of amides is 1. The summed E-state index contributed by atoms with van der Waals surface area (Å²) in [5.41, 5.74) is 1.26. The number of rotatable bonds is 3. The van der Waals surface area contributed by atoms with Gasteiger partial charge in [0.1, 0.15) is 0 Å². The molecule has 0 saturated heterocycles. The van der Waals surface area contributed by atoms with Gasteiger partial charge in [0, 0.05) is 5.56 Å². The van der Waals surface area contributed by atoms with Gasteiger partial charge in [0.2, 0.25) is 0 Å².